The third-order valence-corrected chi connectivity index (χ3v) is 4.32. The number of hydrogen-bond acceptors (Lipinski definition) is 2. The van der Waals surface area contributed by atoms with Gasteiger partial charge in [-0.2, -0.15) is 0 Å². The van der Waals surface area contributed by atoms with Crippen molar-refractivity contribution >= 4 is 21.8 Å². The first-order valence-corrected chi connectivity index (χ1v) is 8.06. The molecule has 2 aromatic carbocycles. The molecule has 0 saturated heterocycles. The van der Waals surface area contributed by atoms with E-state index in [0.717, 1.165) is 11.1 Å². The van der Waals surface area contributed by atoms with E-state index in [-0.39, 0.29) is 6.61 Å². The Morgan fingerprint density at radius 3 is 1.83 bits per heavy atom. The van der Waals surface area contributed by atoms with E-state index in [0.29, 0.717) is 6.54 Å². The van der Waals surface area contributed by atoms with Crippen molar-refractivity contribution < 1.29 is 5.11 Å². The average Bonchev–Trinajstić information content (AvgIpc) is 3.18. The third-order valence-electron chi connectivity index (χ3n) is 4.32. The number of aromatic amines is 2. The molecule has 4 heteroatoms. The fourth-order valence-corrected chi connectivity index (χ4v) is 2.84. The van der Waals surface area contributed by atoms with E-state index in [1.807, 2.05) is 30.6 Å². The number of aryl methyl sites for hydroxylation is 2. The van der Waals surface area contributed by atoms with E-state index in [1.54, 1.807) is 0 Å². The molecule has 0 amide bonds. The van der Waals surface area contributed by atoms with Gasteiger partial charge in [-0.05, 0) is 60.4 Å². The number of nitrogens with two attached hydrogens (primary N) is 1. The summed E-state index contributed by atoms with van der Waals surface area (Å²) >= 11 is 0. The van der Waals surface area contributed by atoms with Gasteiger partial charge in [-0.1, -0.05) is 12.1 Å². The van der Waals surface area contributed by atoms with Crippen LogP contribution >= 0.6 is 0 Å². The van der Waals surface area contributed by atoms with Gasteiger partial charge in [0.2, 0.25) is 0 Å². The summed E-state index contributed by atoms with van der Waals surface area (Å²) in [5.41, 5.74) is 12.5. The molecule has 0 atom stereocenters. The Labute approximate surface area is 141 Å². The zero-order valence-corrected chi connectivity index (χ0v) is 14.1. The Hall–Kier alpha value is -2.56. The molecule has 0 saturated carbocycles. The number of benzene rings is 2. The summed E-state index contributed by atoms with van der Waals surface area (Å²) in [5, 5.41) is 11.4. The van der Waals surface area contributed by atoms with Gasteiger partial charge in [0, 0.05) is 40.7 Å². The van der Waals surface area contributed by atoms with Crippen molar-refractivity contribution in [2.24, 2.45) is 5.73 Å². The quantitative estimate of drug-likeness (QED) is 0.452. The van der Waals surface area contributed by atoms with E-state index < -0.39 is 0 Å². The van der Waals surface area contributed by atoms with Crippen molar-refractivity contribution in [3.63, 3.8) is 0 Å². The van der Waals surface area contributed by atoms with Gasteiger partial charge in [0.1, 0.15) is 0 Å². The van der Waals surface area contributed by atoms with Crippen LogP contribution in [0.25, 0.3) is 21.8 Å². The lowest BCUT2D eigenvalue weighted by Crippen LogP contribution is -1.95. The maximum absolute atomic E-state index is 8.92. The molecule has 4 aromatic rings. The first-order chi connectivity index (χ1) is 11.6. The van der Waals surface area contributed by atoms with Crippen LogP contribution in [-0.4, -0.2) is 15.1 Å². The minimum atomic E-state index is 0.112. The standard InChI is InChI=1S/C10H12N2.C10H11NO/c1-7-6-12-10-3-2-8(5-11)4-9(7)10;1-7-5-11-10-3-2-8(6-12)4-9(7)10/h2-4,6,12H,5,11H2,1H3;2-5,11-12H,6H2,1H3. The van der Waals surface area contributed by atoms with Crippen LogP contribution in [0.3, 0.4) is 0 Å². The molecule has 0 radical (unpaired) electrons. The molecule has 4 rings (SSSR count). The minimum Gasteiger partial charge on any atom is -0.392 e. The lowest BCUT2D eigenvalue weighted by molar-refractivity contribution is 0.282. The van der Waals surface area contributed by atoms with Crippen LogP contribution in [0.2, 0.25) is 0 Å². The Balaban J connectivity index is 0.000000141. The summed E-state index contributed by atoms with van der Waals surface area (Å²) in [7, 11) is 0. The van der Waals surface area contributed by atoms with E-state index in [4.69, 9.17) is 10.8 Å². The first-order valence-electron chi connectivity index (χ1n) is 8.06. The fraction of sp³-hybridized carbons (Fsp3) is 0.200. The number of aliphatic hydroxyl groups excluding tert-OH is 1. The zero-order chi connectivity index (χ0) is 17.1. The van der Waals surface area contributed by atoms with Crippen LogP contribution in [0.5, 0.6) is 0 Å². The lowest BCUT2D eigenvalue weighted by atomic mass is 10.1. The molecule has 4 nitrogen and oxygen atoms in total. The van der Waals surface area contributed by atoms with Crippen molar-refractivity contribution in [2.45, 2.75) is 27.0 Å². The van der Waals surface area contributed by atoms with Gasteiger partial charge in [-0.15, -0.1) is 0 Å². The number of nitrogens with one attached hydrogen (secondary N) is 2. The predicted molar refractivity (Wildman–Crippen MR) is 99.9 cm³/mol. The lowest BCUT2D eigenvalue weighted by Gasteiger charge is -1.96. The van der Waals surface area contributed by atoms with Gasteiger partial charge >= 0.3 is 0 Å². The monoisotopic (exact) mass is 321 g/mol. The largest absolute Gasteiger partial charge is 0.392 e. The molecule has 0 aliphatic carbocycles. The minimum absolute atomic E-state index is 0.112. The van der Waals surface area contributed by atoms with E-state index >= 15 is 0 Å². The van der Waals surface area contributed by atoms with Gasteiger partial charge in [0.15, 0.2) is 0 Å². The second kappa shape index (κ2) is 6.91. The molecule has 0 aliphatic heterocycles. The summed E-state index contributed by atoms with van der Waals surface area (Å²) in [4.78, 5) is 6.36. The van der Waals surface area contributed by atoms with Crippen LogP contribution in [0.1, 0.15) is 22.3 Å². The summed E-state index contributed by atoms with van der Waals surface area (Å²) < 4.78 is 0. The van der Waals surface area contributed by atoms with Crippen LogP contribution < -0.4 is 5.73 Å². The molecule has 0 spiro atoms. The molecule has 24 heavy (non-hydrogen) atoms. The fourth-order valence-electron chi connectivity index (χ4n) is 2.84. The molecule has 2 aromatic heterocycles. The molecular formula is C20H23N3O. The number of hydrogen-bond donors (Lipinski definition) is 4. The summed E-state index contributed by atoms with van der Waals surface area (Å²) in [6.07, 6.45) is 4.00. The maximum Gasteiger partial charge on any atom is 0.0682 e. The second-order valence-electron chi connectivity index (χ2n) is 6.07. The highest BCUT2D eigenvalue weighted by atomic mass is 16.3. The first kappa shape index (κ1) is 16.3. The maximum atomic E-state index is 8.92. The molecule has 0 fully saturated rings. The second-order valence-corrected chi connectivity index (χ2v) is 6.07. The molecular weight excluding hydrogens is 298 g/mol. The van der Waals surface area contributed by atoms with E-state index in [1.165, 1.54) is 33.0 Å². The molecule has 0 aliphatic rings. The Morgan fingerprint density at radius 1 is 0.833 bits per heavy atom. The smallest absolute Gasteiger partial charge is 0.0682 e. The summed E-state index contributed by atoms with van der Waals surface area (Å²) in [6.45, 7) is 4.88. The predicted octanol–water partition coefficient (Wildman–Crippen LogP) is 3.90. The zero-order valence-electron chi connectivity index (χ0n) is 14.1. The van der Waals surface area contributed by atoms with Gasteiger partial charge in [0.25, 0.3) is 0 Å². The van der Waals surface area contributed by atoms with Crippen molar-refractivity contribution in [1.29, 1.82) is 0 Å². The number of aliphatic hydroxyl groups is 1. The SMILES string of the molecule is Cc1c[nH]c2ccc(CN)cc12.Cc1c[nH]c2ccc(CO)cc12. The molecule has 5 N–H and O–H groups in total. The Bertz CT molecular complexity index is 886. The highest BCUT2D eigenvalue weighted by Gasteiger charge is 2.00. The van der Waals surface area contributed by atoms with Crippen LogP contribution in [0.15, 0.2) is 48.8 Å². The Kier molecular flexibility index (Phi) is 4.69. The van der Waals surface area contributed by atoms with E-state index in [9.17, 15) is 0 Å². The number of H-pyrrole nitrogens is 2. The van der Waals surface area contributed by atoms with Crippen LogP contribution in [0, 0.1) is 13.8 Å². The van der Waals surface area contributed by atoms with Crippen molar-refractivity contribution in [1.82, 2.24) is 9.97 Å². The van der Waals surface area contributed by atoms with Gasteiger partial charge < -0.3 is 20.8 Å². The molecule has 124 valence electrons. The van der Waals surface area contributed by atoms with E-state index in [2.05, 4.69) is 42.0 Å². The number of aromatic nitrogens is 2. The summed E-state index contributed by atoms with van der Waals surface area (Å²) in [5.74, 6) is 0. The summed E-state index contributed by atoms with van der Waals surface area (Å²) in [6, 6.07) is 12.2. The van der Waals surface area contributed by atoms with Crippen molar-refractivity contribution in [3.8, 4) is 0 Å². The normalized spacial score (nSPS) is 10.8. The molecule has 0 unspecified atom stereocenters. The van der Waals surface area contributed by atoms with Gasteiger partial charge in [-0.25, -0.2) is 0 Å². The van der Waals surface area contributed by atoms with Gasteiger partial charge in [0.05, 0.1) is 6.61 Å². The van der Waals surface area contributed by atoms with Crippen LogP contribution in [-0.2, 0) is 13.2 Å². The Morgan fingerprint density at radius 2 is 1.33 bits per heavy atom. The van der Waals surface area contributed by atoms with Crippen molar-refractivity contribution in [3.05, 3.63) is 71.0 Å². The number of fused-ring (bicyclic) bond motifs is 2. The van der Waals surface area contributed by atoms with Crippen LogP contribution in [0.4, 0.5) is 0 Å². The molecule has 0 bridgehead atoms. The third kappa shape index (κ3) is 3.20. The van der Waals surface area contributed by atoms with Gasteiger partial charge in [-0.3, -0.25) is 0 Å². The van der Waals surface area contributed by atoms with Crippen molar-refractivity contribution in [2.75, 3.05) is 0 Å². The number of rotatable bonds is 2. The molecule has 2 heterocycles. The highest BCUT2D eigenvalue weighted by molar-refractivity contribution is 5.84. The highest BCUT2D eigenvalue weighted by Crippen LogP contribution is 2.19. The average molecular weight is 321 g/mol. The topological polar surface area (TPSA) is 77.8 Å².